The molecule has 0 aromatic heterocycles. The average molecular weight is 1210 g/mol. The third-order valence-electron chi connectivity index (χ3n) is 15.4. The van der Waals surface area contributed by atoms with Gasteiger partial charge in [-0.2, -0.15) is 0 Å². The zero-order valence-electron chi connectivity index (χ0n) is 56.0. The third kappa shape index (κ3) is 69.9. The summed E-state index contributed by atoms with van der Waals surface area (Å²) in [7, 11) is 1.13. The number of rotatable bonds is 65. The van der Waals surface area contributed by atoms with Crippen molar-refractivity contribution in [2.24, 2.45) is 0 Å². The highest BCUT2D eigenvalue weighted by molar-refractivity contribution is 7.45. The first-order valence-electron chi connectivity index (χ1n) is 35.4. The van der Waals surface area contributed by atoms with E-state index in [1.54, 1.807) is 0 Å². The van der Waals surface area contributed by atoms with Gasteiger partial charge in [0, 0.05) is 12.8 Å². The van der Waals surface area contributed by atoms with Gasteiger partial charge in [0.25, 0.3) is 7.82 Å². The molecule has 0 radical (unpaired) electrons. The number of hydrogen-bond donors (Lipinski definition) is 0. The quantitative estimate of drug-likeness (QED) is 0.0195. The summed E-state index contributed by atoms with van der Waals surface area (Å²) in [5.41, 5.74) is 0. The topological polar surface area (TPSA) is 111 Å². The monoisotopic (exact) mass is 1210 g/mol. The molecule has 0 fully saturated rings. The molecule has 0 aromatic carbocycles. The molecule has 0 aliphatic carbocycles. The van der Waals surface area contributed by atoms with Crippen LogP contribution in [0.1, 0.15) is 316 Å². The fraction of sp³-hybridized carbons (Fsp3) is 0.760. The molecule has 492 valence electrons. The van der Waals surface area contributed by atoms with Crippen LogP contribution >= 0.6 is 7.82 Å². The molecule has 0 aliphatic rings. The second-order valence-corrected chi connectivity index (χ2v) is 26.3. The van der Waals surface area contributed by atoms with Gasteiger partial charge in [-0.25, -0.2) is 0 Å². The predicted molar refractivity (Wildman–Crippen MR) is 365 cm³/mol. The minimum atomic E-state index is -4.66. The highest BCUT2D eigenvalue weighted by atomic mass is 31.2. The van der Waals surface area contributed by atoms with Gasteiger partial charge in [-0.15, -0.1) is 0 Å². The molecular formula is C75H134NO8P. The van der Waals surface area contributed by atoms with Gasteiger partial charge in [0.1, 0.15) is 19.8 Å². The standard InChI is InChI=1S/C75H134NO8P/c1-6-8-10-12-14-16-18-20-22-24-26-28-30-32-34-35-36-37-38-39-40-42-43-45-47-49-51-53-55-57-59-61-63-65-67-74(77)81-71-73(72-83-85(79,80)82-70-69-76(3,4)5)84-75(78)68-66-64-62-60-58-56-54-52-50-48-46-44-41-33-31-29-27-25-23-21-19-17-15-13-11-9-7-2/h9,11,15,17,21,23,27,29,33,41,46,48,52,54,58,60,73H,6-8,10,12-14,16,18-20,22,24-26,28,30-32,34-40,42-45,47,49-51,53,55-57,59,61-72H2,1-5H3/b11-9-,17-15-,23-21-,29-27-,41-33-,48-46-,54-52-,60-58-. The van der Waals surface area contributed by atoms with E-state index >= 15 is 0 Å². The van der Waals surface area contributed by atoms with Crippen LogP contribution in [0.5, 0.6) is 0 Å². The van der Waals surface area contributed by atoms with Crippen LogP contribution in [0.4, 0.5) is 0 Å². The first-order chi connectivity index (χ1) is 41.5. The van der Waals surface area contributed by atoms with Crippen LogP contribution in [0.3, 0.4) is 0 Å². The normalized spacial score (nSPS) is 13.7. The van der Waals surface area contributed by atoms with Crippen molar-refractivity contribution in [3.8, 4) is 0 Å². The number of esters is 2. The number of hydrogen-bond acceptors (Lipinski definition) is 8. The predicted octanol–water partition coefficient (Wildman–Crippen LogP) is 22.5. The second kappa shape index (κ2) is 65.4. The molecule has 0 bridgehead atoms. The lowest BCUT2D eigenvalue weighted by Gasteiger charge is -2.28. The van der Waals surface area contributed by atoms with Crippen molar-refractivity contribution in [2.75, 3.05) is 47.5 Å². The molecule has 0 spiro atoms. The number of phosphoric acid groups is 1. The van der Waals surface area contributed by atoms with Crippen molar-refractivity contribution in [3.63, 3.8) is 0 Å². The molecule has 0 rings (SSSR count). The van der Waals surface area contributed by atoms with Crippen molar-refractivity contribution in [3.05, 3.63) is 97.2 Å². The van der Waals surface area contributed by atoms with Crippen LogP contribution in [0.25, 0.3) is 0 Å². The summed E-state index contributed by atoms with van der Waals surface area (Å²) in [6, 6.07) is 0. The Bertz CT molecular complexity index is 1760. The van der Waals surface area contributed by atoms with Gasteiger partial charge in [-0.3, -0.25) is 14.2 Å². The Labute approximate surface area is 525 Å². The first kappa shape index (κ1) is 81.9. The number of allylic oxidation sites excluding steroid dienone is 16. The summed E-state index contributed by atoms with van der Waals surface area (Å²) < 4.78 is 34.2. The van der Waals surface area contributed by atoms with Gasteiger partial charge in [0.05, 0.1) is 27.7 Å². The Balaban J connectivity index is 4.08. The maximum Gasteiger partial charge on any atom is 0.306 e. The SMILES string of the molecule is CC/C=C\C/C=C\C/C=C\C/C=C\C/C=C\C/C=C\C/C=C\C/C=C\CCCCC(=O)OC(COC(=O)CCCCCCCCCCCCCCCCCCCCCCCCCCCCCCCCCCCC)COP(=O)([O-])OCC[N+](C)(C)C. The van der Waals surface area contributed by atoms with Crippen molar-refractivity contribution in [2.45, 2.75) is 322 Å². The van der Waals surface area contributed by atoms with Crippen LogP contribution in [-0.2, 0) is 32.7 Å². The molecule has 85 heavy (non-hydrogen) atoms. The van der Waals surface area contributed by atoms with Crippen LogP contribution in [0.15, 0.2) is 97.2 Å². The van der Waals surface area contributed by atoms with Gasteiger partial charge >= 0.3 is 11.9 Å². The maximum atomic E-state index is 12.8. The third-order valence-corrected chi connectivity index (χ3v) is 16.3. The number of nitrogens with zero attached hydrogens (tertiary/aromatic N) is 1. The molecule has 0 heterocycles. The summed E-state index contributed by atoms with van der Waals surface area (Å²) in [6.07, 6.45) is 90.8. The molecule has 0 aromatic rings. The van der Waals surface area contributed by atoms with E-state index in [-0.39, 0.29) is 26.1 Å². The molecule has 0 saturated heterocycles. The van der Waals surface area contributed by atoms with Crippen molar-refractivity contribution in [1.29, 1.82) is 0 Å². The number of likely N-dealkylation sites (N-methyl/N-ethyl adjacent to an activating group) is 1. The van der Waals surface area contributed by atoms with Gasteiger partial charge < -0.3 is 27.9 Å². The van der Waals surface area contributed by atoms with E-state index in [1.807, 2.05) is 21.1 Å². The van der Waals surface area contributed by atoms with E-state index in [0.717, 1.165) is 83.5 Å². The zero-order valence-corrected chi connectivity index (χ0v) is 56.9. The van der Waals surface area contributed by atoms with Gasteiger partial charge in [-0.1, -0.05) is 323 Å². The van der Waals surface area contributed by atoms with Gasteiger partial charge in [-0.05, 0) is 77.0 Å². The Hall–Kier alpha value is -3.07. The lowest BCUT2D eigenvalue weighted by molar-refractivity contribution is -0.870. The lowest BCUT2D eigenvalue weighted by Crippen LogP contribution is -2.37. The molecule has 10 heteroatoms. The summed E-state index contributed by atoms with van der Waals surface area (Å²) in [4.78, 5) is 38.0. The molecule has 9 nitrogen and oxygen atoms in total. The van der Waals surface area contributed by atoms with Crippen LogP contribution in [0, 0.1) is 0 Å². The minimum Gasteiger partial charge on any atom is -0.756 e. The van der Waals surface area contributed by atoms with Gasteiger partial charge in [0.2, 0.25) is 0 Å². The highest BCUT2D eigenvalue weighted by Crippen LogP contribution is 2.38. The number of ether oxygens (including phenoxy) is 2. The number of carbonyl (C=O) groups excluding carboxylic acids is 2. The Morgan fingerprint density at radius 3 is 1.00 bits per heavy atom. The Morgan fingerprint density at radius 1 is 0.376 bits per heavy atom. The number of quaternary nitrogens is 1. The van der Waals surface area contributed by atoms with E-state index in [0.29, 0.717) is 17.4 Å². The molecule has 0 N–H and O–H groups in total. The van der Waals surface area contributed by atoms with E-state index in [9.17, 15) is 19.0 Å². The van der Waals surface area contributed by atoms with Crippen molar-refractivity contribution >= 4 is 19.8 Å². The second-order valence-electron chi connectivity index (χ2n) is 24.9. The fourth-order valence-electron chi connectivity index (χ4n) is 9.97. The Morgan fingerprint density at radius 2 is 0.671 bits per heavy atom. The summed E-state index contributed by atoms with van der Waals surface area (Å²) in [5, 5.41) is 0. The molecule has 2 atom stereocenters. The smallest absolute Gasteiger partial charge is 0.306 e. The summed E-state index contributed by atoms with van der Waals surface area (Å²) >= 11 is 0. The molecule has 0 amide bonds. The number of phosphoric ester groups is 1. The maximum absolute atomic E-state index is 12.8. The Kier molecular flexibility index (Phi) is 63.0. The largest absolute Gasteiger partial charge is 0.756 e. The van der Waals surface area contributed by atoms with Crippen molar-refractivity contribution in [1.82, 2.24) is 0 Å². The highest BCUT2D eigenvalue weighted by Gasteiger charge is 2.22. The molecule has 2 unspecified atom stereocenters. The van der Waals surface area contributed by atoms with Gasteiger partial charge in [0.15, 0.2) is 6.10 Å². The molecule has 0 aliphatic heterocycles. The van der Waals surface area contributed by atoms with Crippen molar-refractivity contribution < 1.29 is 42.1 Å². The van der Waals surface area contributed by atoms with Crippen LogP contribution < -0.4 is 4.89 Å². The lowest BCUT2D eigenvalue weighted by atomic mass is 10.0. The van der Waals surface area contributed by atoms with E-state index in [1.165, 1.54) is 199 Å². The number of unbranched alkanes of at least 4 members (excludes halogenated alkanes) is 35. The minimum absolute atomic E-state index is 0.0431. The first-order valence-corrected chi connectivity index (χ1v) is 36.9. The van der Waals surface area contributed by atoms with E-state index in [2.05, 4.69) is 111 Å². The molecular weight excluding hydrogens is 1070 g/mol. The van der Waals surface area contributed by atoms with E-state index in [4.69, 9.17) is 18.5 Å². The average Bonchev–Trinajstić information content (AvgIpc) is 3.52. The zero-order chi connectivity index (χ0) is 61.9. The van der Waals surface area contributed by atoms with Crippen LogP contribution in [0.2, 0.25) is 0 Å². The van der Waals surface area contributed by atoms with E-state index < -0.39 is 32.5 Å². The summed E-state index contributed by atoms with van der Waals surface area (Å²) in [6.45, 7) is 4.11. The number of carbonyl (C=O) groups is 2. The summed E-state index contributed by atoms with van der Waals surface area (Å²) in [5.74, 6) is -0.879. The van der Waals surface area contributed by atoms with Crippen LogP contribution in [-0.4, -0.2) is 70.0 Å². The fourth-order valence-corrected chi connectivity index (χ4v) is 10.7. The molecule has 0 saturated carbocycles.